The lowest BCUT2D eigenvalue weighted by Crippen LogP contribution is -1.96. The Kier molecular flexibility index (Phi) is 3.11. The van der Waals surface area contributed by atoms with Gasteiger partial charge in [0.05, 0.1) is 0 Å². The maximum atomic E-state index is 5.77. The molecule has 2 N–H and O–H groups in total. The molecular formula is C11H12N6S2. The molecule has 0 radical (unpaired) electrons. The third-order valence-corrected chi connectivity index (χ3v) is 4.86. The maximum Gasteiger partial charge on any atom is 0.222 e. The summed E-state index contributed by atoms with van der Waals surface area (Å²) in [6.45, 7) is 2.12. The van der Waals surface area contributed by atoms with Gasteiger partial charge in [-0.1, -0.05) is 6.92 Å². The molecule has 3 rings (SSSR count). The van der Waals surface area contributed by atoms with Crippen molar-refractivity contribution in [1.29, 1.82) is 0 Å². The van der Waals surface area contributed by atoms with Crippen LogP contribution in [0.25, 0.3) is 10.2 Å². The van der Waals surface area contributed by atoms with E-state index in [4.69, 9.17) is 5.73 Å². The van der Waals surface area contributed by atoms with Crippen LogP contribution in [0.15, 0.2) is 22.6 Å². The highest BCUT2D eigenvalue weighted by molar-refractivity contribution is 7.99. The number of aromatic nitrogens is 5. The third-order valence-electron chi connectivity index (χ3n) is 2.63. The second-order valence-electron chi connectivity index (χ2n) is 4.00. The number of thiophene rings is 1. The Hall–Kier alpha value is -1.67. The van der Waals surface area contributed by atoms with Crippen molar-refractivity contribution < 1.29 is 0 Å². The molecule has 3 heterocycles. The molecule has 0 aliphatic rings. The van der Waals surface area contributed by atoms with E-state index in [0.717, 1.165) is 26.8 Å². The summed E-state index contributed by atoms with van der Waals surface area (Å²) in [4.78, 5) is 10.8. The summed E-state index contributed by atoms with van der Waals surface area (Å²) in [7, 11) is 1.90. The molecule has 3 aromatic rings. The predicted molar refractivity (Wildman–Crippen MR) is 76.3 cm³/mol. The molecule has 0 aliphatic heterocycles. The van der Waals surface area contributed by atoms with E-state index in [0.29, 0.717) is 5.95 Å². The van der Waals surface area contributed by atoms with Crippen LogP contribution in [0.3, 0.4) is 0 Å². The van der Waals surface area contributed by atoms with E-state index >= 15 is 0 Å². The summed E-state index contributed by atoms with van der Waals surface area (Å²) in [5.74, 6) is 0.293. The number of nitrogens with two attached hydrogens (primary N) is 1. The second kappa shape index (κ2) is 4.78. The zero-order valence-electron chi connectivity index (χ0n) is 10.5. The van der Waals surface area contributed by atoms with Crippen molar-refractivity contribution in [1.82, 2.24) is 24.7 Å². The highest BCUT2D eigenvalue weighted by atomic mass is 32.2. The molecule has 0 atom stereocenters. The average Bonchev–Trinajstić information content (AvgIpc) is 2.96. The summed E-state index contributed by atoms with van der Waals surface area (Å²) >= 11 is 3.11. The minimum atomic E-state index is 0.293. The molecule has 0 unspecified atom stereocenters. The molecular weight excluding hydrogens is 280 g/mol. The van der Waals surface area contributed by atoms with Crippen molar-refractivity contribution in [3.63, 3.8) is 0 Å². The van der Waals surface area contributed by atoms with Crippen LogP contribution in [0, 0.1) is 0 Å². The molecule has 0 saturated heterocycles. The van der Waals surface area contributed by atoms with Crippen LogP contribution in [0.4, 0.5) is 5.95 Å². The molecule has 98 valence electrons. The number of hydrogen-bond donors (Lipinski definition) is 1. The van der Waals surface area contributed by atoms with Crippen LogP contribution in [0.2, 0.25) is 0 Å². The van der Waals surface area contributed by atoms with Crippen LogP contribution in [-0.2, 0) is 13.5 Å². The Balaban J connectivity index is 2.11. The predicted octanol–water partition coefficient (Wildman–Crippen LogP) is 2.12. The Morgan fingerprint density at radius 2 is 2.26 bits per heavy atom. The molecule has 0 aliphatic carbocycles. The molecule has 0 saturated carbocycles. The molecule has 0 amide bonds. The summed E-state index contributed by atoms with van der Waals surface area (Å²) < 4.78 is 1.85. The van der Waals surface area contributed by atoms with E-state index in [2.05, 4.69) is 33.2 Å². The molecule has 8 heteroatoms. The van der Waals surface area contributed by atoms with Crippen LogP contribution < -0.4 is 5.73 Å². The summed E-state index contributed by atoms with van der Waals surface area (Å²) in [6, 6.07) is 2.12. The first kappa shape index (κ1) is 12.4. The van der Waals surface area contributed by atoms with Gasteiger partial charge in [0.1, 0.15) is 16.2 Å². The fourth-order valence-corrected chi connectivity index (χ4v) is 3.56. The van der Waals surface area contributed by atoms with Crippen LogP contribution in [0.5, 0.6) is 0 Å². The van der Waals surface area contributed by atoms with E-state index in [-0.39, 0.29) is 0 Å². The Labute approximate surface area is 118 Å². The second-order valence-corrected chi connectivity index (χ2v) is 6.07. The molecule has 0 spiro atoms. The van der Waals surface area contributed by atoms with Gasteiger partial charge in [-0.05, 0) is 24.2 Å². The van der Waals surface area contributed by atoms with E-state index < -0.39 is 0 Å². The van der Waals surface area contributed by atoms with Gasteiger partial charge in [-0.2, -0.15) is 0 Å². The van der Waals surface area contributed by atoms with Crippen molar-refractivity contribution in [2.24, 2.45) is 7.05 Å². The van der Waals surface area contributed by atoms with Gasteiger partial charge in [-0.15, -0.1) is 21.5 Å². The molecule has 0 fully saturated rings. The van der Waals surface area contributed by atoms with Gasteiger partial charge in [0, 0.05) is 17.3 Å². The lowest BCUT2D eigenvalue weighted by atomic mass is 10.3. The van der Waals surface area contributed by atoms with Crippen molar-refractivity contribution in [3.8, 4) is 0 Å². The van der Waals surface area contributed by atoms with Crippen molar-refractivity contribution in [2.45, 2.75) is 23.5 Å². The van der Waals surface area contributed by atoms with Gasteiger partial charge >= 0.3 is 0 Å². The molecule has 19 heavy (non-hydrogen) atoms. The first-order valence-corrected chi connectivity index (χ1v) is 7.38. The van der Waals surface area contributed by atoms with Crippen LogP contribution in [0.1, 0.15) is 11.8 Å². The Morgan fingerprint density at radius 3 is 2.95 bits per heavy atom. The topological polar surface area (TPSA) is 82.5 Å². The monoisotopic (exact) mass is 292 g/mol. The van der Waals surface area contributed by atoms with Crippen molar-refractivity contribution >= 4 is 39.3 Å². The van der Waals surface area contributed by atoms with Gasteiger partial charge < -0.3 is 10.3 Å². The zero-order chi connectivity index (χ0) is 13.4. The maximum absolute atomic E-state index is 5.77. The van der Waals surface area contributed by atoms with Crippen molar-refractivity contribution in [2.75, 3.05) is 5.73 Å². The number of fused-ring (bicyclic) bond motifs is 1. The number of anilines is 1. The number of nitrogens with zero attached hydrogens (tertiary/aromatic N) is 5. The average molecular weight is 292 g/mol. The first-order valence-electron chi connectivity index (χ1n) is 5.75. The standard InChI is InChI=1S/C11H12N6S2/c1-3-6-4-7-8(18-6)14-10(12)15-9(7)19-11-16-13-5-17(11)2/h4-5H,3H2,1-2H3,(H2,12,14,15). The minimum Gasteiger partial charge on any atom is -0.368 e. The number of aryl methyl sites for hydroxylation is 2. The van der Waals surface area contributed by atoms with Gasteiger partial charge in [0.25, 0.3) is 0 Å². The van der Waals surface area contributed by atoms with Gasteiger partial charge in [0.2, 0.25) is 5.95 Å². The smallest absolute Gasteiger partial charge is 0.222 e. The molecule has 3 aromatic heterocycles. The molecule has 6 nitrogen and oxygen atoms in total. The van der Waals surface area contributed by atoms with Gasteiger partial charge in [0.15, 0.2) is 5.16 Å². The van der Waals surface area contributed by atoms with Crippen molar-refractivity contribution in [3.05, 3.63) is 17.3 Å². The SMILES string of the molecule is CCc1cc2c(Sc3nncn3C)nc(N)nc2s1. The lowest BCUT2D eigenvalue weighted by Gasteiger charge is -2.02. The number of nitrogen functional groups attached to an aromatic ring is 1. The van der Waals surface area contributed by atoms with Gasteiger partial charge in [-0.3, -0.25) is 0 Å². The fraction of sp³-hybridized carbons (Fsp3) is 0.273. The highest BCUT2D eigenvalue weighted by Crippen LogP contribution is 2.34. The van der Waals surface area contributed by atoms with Gasteiger partial charge in [-0.25, -0.2) is 9.97 Å². The summed E-state index contributed by atoms with van der Waals surface area (Å²) in [5, 5.41) is 10.6. The first-order chi connectivity index (χ1) is 9.17. The Morgan fingerprint density at radius 1 is 1.42 bits per heavy atom. The third kappa shape index (κ3) is 2.28. The van der Waals surface area contributed by atoms with E-state index in [9.17, 15) is 0 Å². The van der Waals surface area contributed by atoms with E-state index in [1.54, 1.807) is 17.7 Å². The van der Waals surface area contributed by atoms with Crippen LogP contribution in [-0.4, -0.2) is 24.7 Å². The normalized spacial score (nSPS) is 11.3. The Bertz CT molecular complexity index is 732. The largest absolute Gasteiger partial charge is 0.368 e. The zero-order valence-corrected chi connectivity index (χ0v) is 12.1. The lowest BCUT2D eigenvalue weighted by molar-refractivity contribution is 0.787. The fourth-order valence-electron chi connectivity index (χ4n) is 1.66. The summed E-state index contributed by atoms with van der Waals surface area (Å²) in [5.41, 5.74) is 5.77. The van der Waals surface area contributed by atoms with E-state index in [1.807, 2.05) is 11.6 Å². The summed E-state index contributed by atoms with van der Waals surface area (Å²) in [6.07, 6.45) is 2.64. The number of rotatable bonds is 3. The number of hydrogen-bond acceptors (Lipinski definition) is 7. The quantitative estimate of drug-likeness (QED) is 0.744. The van der Waals surface area contributed by atoms with Crippen LogP contribution >= 0.6 is 23.1 Å². The minimum absolute atomic E-state index is 0.293. The molecule has 0 aromatic carbocycles. The highest BCUT2D eigenvalue weighted by Gasteiger charge is 2.13. The van der Waals surface area contributed by atoms with E-state index in [1.165, 1.54) is 16.6 Å². The molecule has 0 bridgehead atoms.